The number of rotatable bonds is 3. The van der Waals surface area contributed by atoms with Gasteiger partial charge >= 0.3 is 0 Å². The topological polar surface area (TPSA) is 25.2 Å². The van der Waals surface area contributed by atoms with Crippen molar-refractivity contribution in [1.82, 2.24) is 5.32 Å². The normalized spacial score (nSPS) is 12.8. The molecular weight excluding hydrogens is 246 g/mol. The number of nitrogens with one attached hydrogen (secondary N) is 1. The van der Waals surface area contributed by atoms with Crippen molar-refractivity contribution in [3.05, 3.63) is 71.0 Å². The number of aryl methyl sites for hydroxylation is 2. The van der Waals surface area contributed by atoms with E-state index in [-0.39, 0.29) is 6.04 Å². The predicted octanol–water partition coefficient (Wildman–Crippen LogP) is 4.36. The highest BCUT2D eigenvalue weighted by atomic mass is 16.3. The Morgan fingerprint density at radius 2 is 1.60 bits per heavy atom. The second kappa shape index (κ2) is 5.14. The molecule has 20 heavy (non-hydrogen) atoms. The Labute approximate surface area is 119 Å². The van der Waals surface area contributed by atoms with Crippen LogP contribution < -0.4 is 5.32 Å². The molecule has 2 heteroatoms. The van der Waals surface area contributed by atoms with Gasteiger partial charge in [0.1, 0.15) is 11.3 Å². The van der Waals surface area contributed by atoms with Crippen LogP contribution in [0.2, 0.25) is 0 Å². The standard InChI is InChI=1S/C18H19NO/c1-12-4-7-14(8-5-12)18(19-3)17-11-15-10-13(2)6-9-16(15)20-17/h4-11,18-19H,1-3H3. The van der Waals surface area contributed by atoms with E-state index in [2.05, 4.69) is 61.6 Å². The maximum atomic E-state index is 6.00. The second-order valence-electron chi connectivity index (χ2n) is 5.32. The van der Waals surface area contributed by atoms with Crippen LogP contribution in [0, 0.1) is 13.8 Å². The summed E-state index contributed by atoms with van der Waals surface area (Å²) < 4.78 is 6.00. The summed E-state index contributed by atoms with van der Waals surface area (Å²) in [7, 11) is 1.96. The molecule has 3 aromatic rings. The third kappa shape index (κ3) is 2.35. The summed E-state index contributed by atoms with van der Waals surface area (Å²) in [5.74, 6) is 0.956. The van der Waals surface area contributed by atoms with Gasteiger partial charge in [0.05, 0.1) is 6.04 Å². The molecule has 1 heterocycles. The van der Waals surface area contributed by atoms with Gasteiger partial charge in [0.25, 0.3) is 0 Å². The molecule has 2 aromatic carbocycles. The van der Waals surface area contributed by atoms with Crippen LogP contribution >= 0.6 is 0 Å². The number of hydrogen-bond donors (Lipinski definition) is 1. The van der Waals surface area contributed by atoms with Gasteiger partial charge in [-0.2, -0.15) is 0 Å². The highest BCUT2D eigenvalue weighted by Gasteiger charge is 2.16. The molecule has 2 nitrogen and oxygen atoms in total. The predicted molar refractivity (Wildman–Crippen MR) is 83.0 cm³/mol. The molecule has 0 bridgehead atoms. The molecule has 0 saturated heterocycles. The number of furan rings is 1. The van der Waals surface area contributed by atoms with E-state index in [0.29, 0.717) is 0 Å². The van der Waals surface area contributed by atoms with Crippen LogP contribution in [-0.2, 0) is 0 Å². The molecule has 1 N–H and O–H groups in total. The minimum absolute atomic E-state index is 0.0864. The number of benzene rings is 2. The zero-order valence-electron chi connectivity index (χ0n) is 12.1. The molecule has 1 atom stereocenters. The second-order valence-corrected chi connectivity index (χ2v) is 5.32. The Morgan fingerprint density at radius 1 is 0.900 bits per heavy atom. The van der Waals surface area contributed by atoms with E-state index >= 15 is 0 Å². The van der Waals surface area contributed by atoms with Crippen LogP contribution in [0.5, 0.6) is 0 Å². The smallest absolute Gasteiger partial charge is 0.134 e. The summed E-state index contributed by atoms with van der Waals surface area (Å²) in [6.07, 6.45) is 0. The van der Waals surface area contributed by atoms with Crippen molar-refractivity contribution in [1.29, 1.82) is 0 Å². The van der Waals surface area contributed by atoms with Crippen LogP contribution in [0.4, 0.5) is 0 Å². The van der Waals surface area contributed by atoms with Gasteiger partial charge in [0.15, 0.2) is 0 Å². The van der Waals surface area contributed by atoms with Crippen molar-refractivity contribution in [2.75, 3.05) is 7.05 Å². The Bertz CT molecular complexity index is 725. The molecule has 0 radical (unpaired) electrons. The fourth-order valence-electron chi connectivity index (χ4n) is 2.56. The molecule has 1 unspecified atom stereocenters. The largest absolute Gasteiger partial charge is 0.459 e. The molecule has 0 aliphatic heterocycles. The summed E-state index contributed by atoms with van der Waals surface area (Å²) >= 11 is 0. The van der Waals surface area contributed by atoms with E-state index in [1.54, 1.807) is 0 Å². The van der Waals surface area contributed by atoms with Gasteiger partial charge in [-0.3, -0.25) is 0 Å². The SMILES string of the molecule is CNC(c1ccc(C)cc1)c1cc2cc(C)ccc2o1. The summed E-state index contributed by atoms with van der Waals surface area (Å²) in [5, 5.41) is 4.50. The first kappa shape index (κ1) is 12.9. The van der Waals surface area contributed by atoms with Crippen LogP contribution in [0.15, 0.2) is 52.9 Å². The van der Waals surface area contributed by atoms with Crippen molar-refractivity contribution in [3.8, 4) is 0 Å². The minimum atomic E-state index is 0.0864. The molecule has 0 fully saturated rings. The summed E-state index contributed by atoms with van der Waals surface area (Å²) in [6, 6.07) is 17.0. The fourth-order valence-corrected chi connectivity index (χ4v) is 2.56. The maximum Gasteiger partial charge on any atom is 0.134 e. The van der Waals surface area contributed by atoms with Crippen molar-refractivity contribution in [2.45, 2.75) is 19.9 Å². The number of fused-ring (bicyclic) bond motifs is 1. The average molecular weight is 265 g/mol. The van der Waals surface area contributed by atoms with E-state index in [0.717, 1.165) is 16.7 Å². The highest BCUT2D eigenvalue weighted by molar-refractivity contribution is 5.78. The van der Waals surface area contributed by atoms with Crippen LogP contribution in [0.25, 0.3) is 11.0 Å². The first-order chi connectivity index (χ1) is 9.67. The van der Waals surface area contributed by atoms with Crippen LogP contribution in [-0.4, -0.2) is 7.05 Å². The summed E-state index contributed by atoms with van der Waals surface area (Å²) in [6.45, 7) is 4.20. The van der Waals surface area contributed by atoms with E-state index in [1.165, 1.54) is 16.7 Å². The summed E-state index contributed by atoms with van der Waals surface area (Å²) in [4.78, 5) is 0. The first-order valence-corrected chi connectivity index (χ1v) is 6.91. The third-order valence-electron chi connectivity index (χ3n) is 3.67. The molecule has 0 amide bonds. The van der Waals surface area contributed by atoms with E-state index < -0.39 is 0 Å². The molecule has 1 aromatic heterocycles. The van der Waals surface area contributed by atoms with E-state index in [4.69, 9.17) is 4.42 Å². The first-order valence-electron chi connectivity index (χ1n) is 6.91. The van der Waals surface area contributed by atoms with Crippen LogP contribution in [0.3, 0.4) is 0 Å². The van der Waals surface area contributed by atoms with Crippen molar-refractivity contribution >= 4 is 11.0 Å². The Hall–Kier alpha value is -2.06. The molecule has 0 aliphatic carbocycles. The zero-order chi connectivity index (χ0) is 14.1. The maximum absolute atomic E-state index is 6.00. The molecule has 0 aliphatic rings. The Morgan fingerprint density at radius 3 is 2.30 bits per heavy atom. The Kier molecular flexibility index (Phi) is 3.33. The quantitative estimate of drug-likeness (QED) is 0.761. The average Bonchev–Trinajstić information content (AvgIpc) is 2.84. The van der Waals surface area contributed by atoms with Crippen LogP contribution in [0.1, 0.15) is 28.5 Å². The van der Waals surface area contributed by atoms with Gasteiger partial charge in [-0.15, -0.1) is 0 Å². The van der Waals surface area contributed by atoms with E-state index in [1.807, 2.05) is 13.1 Å². The van der Waals surface area contributed by atoms with Gasteiger partial charge in [0.2, 0.25) is 0 Å². The van der Waals surface area contributed by atoms with Crippen molar-refractivity contribution < 1.29 is 4.42 Å². The fraction of sp³-hybridized carbons (Fsp3) is 0.222. The lowest BCUT2D eigenvalue weighted by atomic mass is 10.0. The van der Waals surface area contributed by atoms with Gasteiger partial charge < -0.3 is 9.73 Å². The van der Waals surface area contributed by atoms with Gasteiger partial charge in [-0.1, -0.05) is 41.5 Å². The lowest BCUT2D eigenvalue weighted by molar-refractivity contribution is 0.491. The molecule has 0 saturated carbocycles. The Balaban J connectivity index is 2.04. The monoisotopic (exact) mass is 265 g/mol. The molecule has 102 valence electrons. The van der Waals surface area contributed by atoms with Gasteiger partial charge in [0, 0.05) is 5.39 Å². The van der Waals surface area contributed by atoms with E-state index in [9.17, 15) is 0 Å². The zero-order valence-corrected chi connectivity index (χ0v) is 12.1. The lowest BCUT2D eigenvalue weighted by Crippen LogP contribution is -2.16. The highest BCUT2D eigenvalue weighted by Crippen LogP contribution is 2.28. The minimum Gasteiger partial charge on any atom is -0.459 e. The molecule has 3 rings (SSSR count). The van der Waals surface area contributed by atoms with Crippen molar-refractivity contribution in [2.24, 2.45) is 0 Å². The molecule has 0 spiro atoms. The summed E-state index contributed by atoms with van der Waals surface area (Å²) in [5.41, 5.74) is 4.68. The van der Waals surface area contributed by atoms with Gasteiger partial charge in [-0.25, -0.2) is 0 Å². The third-order valence-corrected chi connectivity index (χ3v) is 3.67. The number of hydrogen-bond acceptors (Lipinski definition) is 2. The molecular formula is C18H19NO. The van der Waals surface area contributed by atoms with Crippen molar-refractivity contribution in [3.63, 3.8) is 0 Å². The lowest BCUT2D eigenvalue weighted by Gasteiger charge is -2.14. The van der Waals surface area contributed by atoms with Gasteiger partial charge in [-0.05, 0) is 44.7 Å².